The topological polar surface area (TPSA) is 59.3 Å². The smallest absolute Gasteiger partial charge is 0.165 e. The Balaban J connectivity index is 0.00000256. The zero-order valence-corrected chi connectivity index (χ0v) is 18.2. The Morgan fingerprint density at radius 3 is 2.27 bits per heavy atom. The van der Waals surface area contributed by atoms with Crippen molar-refractivity contribution in [2.24, 2.45) is 0 Å². The molecule has 0 N–H and O–H groups in total. The number of aryl methyl sites for hydroxylation is 2. The van der Waals surface area contributed by atoms with E-state index < -0.39 is 0 Å². The van der Waals surface area contributed by atoms with Gasteiger partial charge in [0.25, 0.3) is 0 Å². The number of tetrazole rings is 1. The van der Waals surface area contributed by atoms with Gasteiger partial charge in [-0.15, -0.1) is 17.5 Å². The summed E-state index contributed by atoms with van der Waals surface area (Å²) in [6.07, 6.45) is 0.936. The monoisotopic (exact) mass is 428 g/mol. The van der Waals surface area contributed by atoms with Crippen LogP contribution in [-0.2, 0) is 26.1 Å². The summed E-state index contributed by atoms with van der Waals surface area (Å²) in [5.41, 5.74) is 2.55. The van der Waals surface area contributed by atoms with Crippen LogP contribution in [0.3, 0.4) is 0 Å². The molecule has 0 bridgehead atoms. The number of piperazine rings is 1. The van der Waals surface area contributed by atoms with Gasteiger partial charge in [0.05, 0.1) is 13.7 Å². The number of methoxy groups -OCH3 is 1. The maximum Gasteiger partial charge on any atom is 0.165 e. The standard InChI is InChI=1S/C22H28N6O.ClH/c1-29-21-10-6-5-9-20(21)17-26-13-15-27(16-14-26)18-22-23-24-25-28(22)12-11-19-7-3-2-4-8-19;/h2-10H,11-18H2,1H3;1H. The van der Waals surface area contributed by atoms with Crippen LogP contribution in [0, 0.1) is 0 Å². The van der Waals surface area contributed by atoms with E-state index in [-0.39, 0.29) is 12.4 Å². The third-order valence-corrected chi connectivity index (χ3v) is 5.48. The number of benzene rings is 2. The van der Waals surface area contributed by atoms with Crippen molar-refractivity contribution in [3.05, 3.63) is 71.5 Å². The minimum absolute atomic E-state index is 0. The lowest BCUT2D eigenvalue weighted by Gasteiger charge is -2.34. The lowest BCUT2D eigenvalue weighted by Crippen LogP contribution is -2.45. The van der Waals surface area contributed by atoms with Gasteiger partial charge in [-0.2, -0.15) is 0 Å². The molecule has 0 amide bonds. The zero-order chi connectivity index (χ0) is 19.9. The Morgan fingerprint density at radius 1 is 0.867 bits per heavy atom. The molecule has 0 spiro atoms. The highest BCUT2D eigenvalue weighted by atomic mass is 35.5. The predicted octanol–water partition coefficient (Wildman–Crippen LogP) is 2.66. The molecule has 1 aliphatic heterocycles. The molecule has 2 heterocycles. The molecule has 1 aliphatic rings. The summed E-state index contributed by atoms with van der Waals surface area (Å²) >= 11 is 0. The fourth-order valence-corrected chi connectivity index (χ4v) is 3.77. The first-order chi connectivity index (χ1) is 14.3. The summed E-state index contributed by atoms with van der Waals surface area (Å²) in [5, 5.41) is 12.4. The van der Waals surface area contributed by atoms with Crippen LogP contribution >= 0.6 is 12.4 Å². The van der Waals surface area contributed by atoms with Gasteiger partial charge < -0.3 is 4.74 Å². The summed E-state index contributed by atoms with van der Waals surface area (Å²) < 4.78 is 7.42. The van der Waals surface area contributed by atoms with Gasteiger partial charge in [-0.05, 0) is 28.5 Å². The maximum atomic E-state index is 5.48. The number of aromatic nitrogens is 4. The average molecular weight is 429 g/mol. The molecule has 4 rings (SSSR count). The fraction of sp³-hybridized carbons (Fsp3) is 0.409. The molecule has 1 aromatic heterocycles. The van der Waals surface area contributed by atoms with E-state index in [2.05, 4.69) is 61.7 Å². The summed E-state index contributed by atoms with van der Waals surface area (Å²) in [7, 11) is 1.73. The minimum Gasteiger partial charge on any atom is -0.496 e. The maximum absolute atomic E-state index is 5.48. The van der Waals surface area contributed by atoms with E-state index in [0.29, 0.717) is 0 Å². The van der Waals surface area contributed by atoms with Crippen LogP contribution in [-0.4, -0.2) is 63.3 Å². The zero-order valence-electron chi connectivity index (χ0n) is 17.4. The van der Waals surface area contributed by atoms with Crippen LogP contribution in [0.5, 0.6) is 5.75 Å². The summed E-state index contributed by atoms with van der Waals surface area (Å²) in [6.45, 7) is 6.62. The quantitative estimate of drug-likeness (QED) is 0.549. The van der Waals surface area contributed by atoms with E-state index in [1.807, 2.05) is 22.9 Å². The number of hydrogen-bond donors (Lipinski definition) is 0. The second-order valence-electron chi connectivity index (χ2n) is 7.42. The molecular weight excluding hydrogens is 400 g/mol. The average Bonchev–Trinajstić information content (AvgIpc) is 3.21. The molecule has 3 aromatic rings. The number of hydrogen-bond acceptors (Lipinski definition) is 6. The number of halogens is 1. The molecule has 7 nitrogen and oxygen atoms in total. The first-order valence-corrected chi connectivity index (χ1v) is 10.2. The van der Waals surface area contributed by atoms with E-state index in [1.165, 1.54) is 11.1 Å². The molecule has 2 aromatic carbocycles. The van der Waals surface area contributed by atoms with Gasteiger partial charge in [-0.25, -0.2) is 4.68 Å². The van der Waals surface area contributed by atoms with Crippen molar-refractivity contribution < 1.29 is 4.74 Å². The van der Waals surface area contributed by atoms with Gasteiger partial charge >= 0.3 is 0 Å². The highest BCUT2D eigenvalue weighted by Crippen LogP contribution is 2.20. The van der Waals surface area contributed by atoms with Crippen molar-refractivity contribution in [2.45, 2.75) is 26.1 Å². The van der Waals surface area contributed by atoms with E-state index in [1.54, 1.807) is 7.11 Å². The van der Waals surface area contributed by atoms with Crippen molar-refractivity contribution in [3.63, 3.8) is 0 Å². The Hall–Kier alpha value is -2.48. The third-order valence-electron chi connectivity index (χ3n) is 5.48. The molecule has 0 saturated carbocycles. The highest BCUT2D eigenvalue weighted by molar-refractivity contribution is 5.85. The SMILES string of the molecule is COc1ccccc1CN1CCN(Cc2nnnn2CCc2ccccc2)CC1.Cl. The first kappa shape index (κ1) is 22.2. The lowest BCUT2D eigenvalue weighted by atomic mass is 10.1. The molecule has 160 valence electrons. The third kappa shape index (κ3) is 5.78. The molecule has 0 unspecified atom stereocenters. The van der Waals surface area contributed by atoms with Crippen molar-refractivity contribution in [1.29, 1.82) is 0 Å². The van der Waals surface area contributed by atoms with Crippen LogP contribution in [0.1, 0.15) is 17.0 Å². The lowest BCUT2D eigenvalue weighted by molar-refractivity contribution is 0.118. The molecule has 30 heavy (non-hydrogen) atoms. The second-order valence-corrected chi connectivity index (χ2v) is 7.42. The van der Waals surface area contributed by atoms with Gasteiger partial charge in [0.1, 0.15) is 5.75 Å². The molecule has 1 saturated heterocycles. The fourth-order valence-electron chi connectivity index (χ4n) is 3.77. The van der Waals surface area contributed by atoms with Crippen molar-refractivity contribution in [2.75, 3.05) is 33.3 Å². The summed E-state index contributed by atoms with van der Waals surface area (Å²) in [6, 6.07) is 18.7. The number of nitrogens with zero attached hydrogens (tertiary/aromatic N) is 6. The van der Waals surface area contributed by atoms with Crippen molar-refractivity contribution in [1.82, 2.24) is 30.0 Å². The largest absolute Gasteiger partial charge is 0.496 e. The van der Waals surface area contributed by atoms with E-state index in [4.69, 9.17) is 4.74 Å². The minimum atomic E-state index is 0. The van der Waals surface area contributed by atoms with Gasteiger partial charge in [0, 0.05) is 44.8 Å². The first-order valence-electron chi connectivity index (χ1n) is 10.2. The van der Waals surface area contributed by atoms with E-state index in [0.717, 1.165) is 63.8 Å². The molecule has 1 fully saturated rings. The van der Waals surface area contributed by atoms with Crippen LogP contribution in [0.2, 0.25) is 0 Å². The number of para-hydroxylation sites is 1. The normalized spacial score (nSPS) is 15.0. The van der Waals surface area contributed by atoms with Gasteiger partial charge in [0.15, 0.2) is 5.82 Å². The van der Waals surface area contributed by atoms with Crippen molar-refractivity contribution in [3.8, 4) is 5.75 Å². The Morgan fingerprint density at radius 2 is 1.53 bits per heavy atom. The van der Waals surface area contributed by atoms with E-state index in [9.17, 15) is 0 Å². The molecule has 0 aliphatic carbocycles. The van der Waals surface area contributed by atoms with Gasteiger partial charge in [0.2, 0.25) is 0 Å². The Kier molecular flexibility index (Phi) is 8.19. The number of rotatable bonds is 8. The van der Waals surface area contributed by atoms with Crippen LogP contribution < -0.4 is 4.74 Å². The van der Waals surface area contributed by atoms with Crippen LogP contribution in [0.25, 0.3) is 0 Å². The molecule has 0 radical (unpaired) electrons. The predicted molar refractivity (Wildman–Crippen MR) is 119 cm³/mol. The van der Waals surface area contributed by atoms with E-state index >= 15 is 0 Å². The van der Waals surface area contributed by atoms with Crippen LogP contribution in [0.15, 0.2) is 54.6 Å². The van der Waals surface area contributed by atoms with Gasteiger partial charge in [-0.1, -0.05) is 48.5 Å². The van der Waals surface area contributed by atoms with Crippen molar-refractivity contribution >= 4 is 12.4 Å². The number of ether oxygens (including phenoxy) is 1. The Labute approximate surface area is 184 Å². The summed E-state index contributed by atoms with van der Waals surface area (Å²) in [4.78, 5) is 4.91. The molecular formula is C22H29ClN6O. The molecule has 8 heteroatoms. The van der Waals surface area contributed by atoms with Gasteiger partial charge in [-0.3, -0.25) is 9.80 Å². The second kappa shape index (κ2) is 11.1. The van der Waals surface area contributed by atoms with Crippen LogP contribution in [0.4, 0.5) is 0 Å². The summed E-state index contributed by atoms with van der Waals surface area (Å²) in [5.74, 6) is 1.91. The highest BCUT2D eigenvalue weighted by Gasteiger charge is 2.20. The molecule has 0 atom stereocenters. The Bertz CT molecular complexity index is 895.